The summed E-state index contributed by atoms with van der Waals surface area (Å²) in [7, 11) is 0. The molecule has 0 nitrogen and oxygen atoms in total. The van der Waals surface area contributed by atoms with Crippen LogP contribution >= 0.6 is 0 Å². The van der Waals surface area contributed by atoms with Gasteiger partial charge in [-0.05, 0) is 36.8 Å². The molecule has 0 aliphatic heterocycles. The molecule has 0 saturated heterocycles. The zero-order chi connectivity index (χ0) is 9.38. The Morgan fingerprint density at radius 2 is 1.93 bits per heavy atom. The van der Waals surface area contributed by atoms with Crippen LogP contribution in [0.15, 0.2) is 47.1 Å². The van der Waals surface area contributed by atoms with Gasteiger partial charge in [0.15, 0.2) is 0 Å². The number of hydrogen-bond donors (Lipinski definition) is 0. The van der Waals surface area contributed by atoms with E-state index in [0.29, 0.717) is 5.92 Å². The molecule has 0 radical (unpaired) electrons. The predicted molar refractivity (Wildman–Crippen MR) is 60.0 cm³/mol. The highest BCUT2D eigenvalue weighted by Gasteiger charge is 2.25. The second kappa shape index (κ2) is 3.27. The standard InChI is InChI=1S/C14H16/c1-2-6-11-10-12-7-4-5-9-14(12)13(11)8-3-1/h4-5,7,9-10,14H,1-3,6,8H2. The van der Waals surface area contributed by atoms with Crippen LogP contribution in [0.5, 0.6) is 0 Å². The van der Waals surface area contributed by atoms with E-state index in [2.05, 4.69) is 30.4 Å². The molecule has 0 spiro atoms. The smallest absolute Gasteiger partial charge is 0.0237 e. The normalized spacial score (nSPS) is 29.7. The van der Waals surface area contributed by atoms with Gasteiger partial charge in [-0.3, -0.25) is 0 Å². The molecular weight excluding hydrogens is 168 g/mol. The Kier molecular flexibility index (Phi) is 1.93. The van der Waals surface area contributed by atoms with Crippen molar-refractivity contribution in [2.24, 2.45) is 5.92 Å². The maximum atomic E-state index is 2.44. The minimum atomic E-state index is 0.646. The molecular formula is C14H16. The first-order valence-electron chi connectivity index (χ1n) is 5.73. The van der Waals surface area contributed by atoms with Gasteiger partial charge in [0.1, 0.15) is 0 Å². The van der Waals surface area contributed by atoms with Crippen LogP contribution < -0.4 is 0 Å². The molecule has 0 aromatic heterocycles. The van der Waals surface area contributed by atoms with Crippen molar-refractivity contribution in [3.63, 3.8) is 0 Å². The van der Waals surface area contributed by atoms with Crippen molar-refractivity contribution >= 4 is 0 Å². The van der Waals surface area contributed by atoms with Gasteiger partial charge in [-0.25, -0.2) is 0 Å². The molecule has 0 bridgehead atoms. The van der Waals surface area contributed by atoms with Gasteiger partial charge in [-0.1, -0.05) is 42.4 Å². The van der Waals surface area contributed by atoms with Crippen LogP contribution in [-0.4, -0.2) is 0 Å². The summed E-state index contributed by atoms with van der Waals surface area (Å²) in [6.45, 7) is 0. The second-order valence-corrected chi connectivity index (χ2v) is 4.48. The van der Waals surface area contributed by atoms with Crippen LogP contribution in [0.25, 0.3) is 0 Å². The number of rotatable bonds is 0. The fraction of sp³-hybridized carbons (Fsp3) is 0.429. The zero-order valence-corrected chi connectivity index (χ0v) is 8.50. The Morgan fingerprint density at radius 3 is 2.93 bits per heavy atom. The molecule has 0 aromatic carbocycles. The molecule has 14 heavy (non-hydrogen) atoms. The van der Waals surface area contributed by atoms with Gasteiger partial charge in [-0.2, -0.15) is 0 Å². The van der Waals surface area contributed by atoms with E-state index in [1.165, 1.54) is 37.7 Å². The summed E-state index contributed by atoms with van der Waals surface area (Å²) >= 11 is 0. The predicted octanol–water partition coefficient (Wildman–Crippen LogP) is 3.93. The third kappa shape index (κ3) is 1.21. The molecule has 0 saturated carbocycles. The molecule has 72 valence electrons. The number of allylic oxidation sites excluding steroid dienone is 8. The van der Waals surface area contributed by atoms with Crippen molar-refractivity contribution in [1.29, 1.82) is 0 Å². The Hall–Kier alpha value is -1.04. The SMILES string of the molecule is C1=CC2=CC3=C(CCCCC3)C2C=C1. The fourth-order valence-electron chi connectivity index (χ4n) is 2.86. The van der Waals surface area contributed by atoms with Crippen molar-refractivity contribution in [3.05, 3.63) is 47.1 Å². The molecule has 0 aromatic rings. The summed E-state index contributed by atoms with van der Waals surface area (Å²) in [5.74, 6) is 0.646. The highest BCUT2D eigenvalue weighted by molar-refractivity contribution is 5.52. The molecule has 3 rings (SSSR count). The van der Waals surface area contributed by atoms with Gasteiger partial charge in [0.05, 0.1) is 0 Å². The van der Waals surface area contributed by atoms with E-state index in [9.17, 15) is 0 Å². The van der Waals surface area contributed by atoms with Gasteiger partial charge in [0, 0.05) is 5.92 Å². The van der Waals surface area contributed by atoms with Crippen molar-refractivity contribution in [2.45, 2.75) is 32.1 Å². The number of fused-ring (bicyclic) bond motifs is 2. The Morgan fingerprint density at radius 1 is 1.00 bits per heavy atom. The molecule has 3 aliphatic carbocycles. The van der Waals surface area contributed by atoms with E-state index in [-0.39, 0.29) is 0 Å². The van der Waals surface area contributed by atoms with Crippen molar-refractivity contribution in [1.82, 2.24) is 0 Å². The van der Waals surface area contributed by atoms with E-state index in [4.69, 9.17) is 0 Å². The first-order chi connectivity index (χ1) is 6.95. The van der Waals surface area contributed by atoms with Crippen LogP contribution in [0.2, 0.25) is 0 Å². The van der Waals surface area contributed by atoms with E-state index < -0.39 is 0 Å². The Labute approximate surface area is 85.7 Å². The van der Waals surface area contributed by atoms with Crippen LogP contribution in [-0.2, 0) is 0 Å². The van der Waals surface area contributed by atoms with E-state index in [1.54, 1.807) is 11.1 Å². The maximum Gasteiger partial charge on any atom is 0.0237 e. The van der Waals surface area contributed by atoms with Gasteiger partial charge in [0.25, 0.3) is 0 Å². The van der Waals surface area contributed by atoms with Gasteiger partial charge >= 0.3 is 0 Å². The summed E-state index contributed by atoms with van der Waals surface area (Å²) in [4.78, 5) is 0. The molecule has 0 N–H and O–H groups in total. The summed E-state index contributed by atoms with van der Waals surface area (Å²) in [6.07, 6.45) is 18.3. The average molecular weight is 184 g/mol. The summed E-state index contributed by atoms with van der Waals surface area (Å²) < 4.78 is 0. The summed E-state index contributed by atoms with van der Waals surface area (Å²) in [5, 5.41) is 0. The lowest BCUT2D eigenvalue weighted by molar-refractivity contribution is 0.691. The summed E-state index contributed by atoms with van der Waals surface area (Å²) in [5.41, 5.74) is 4.90. The minimum absolute atomic E-state index is 0.646. The van der Waals surface area contributed by atoms with Crippen molar-refractivity contribution < 1.29 is 0 Å². The lowest BCUT2D eigenvalue weighted by atomic mass is 9.89. The van der Waals surface area contributed by atoms with Crippen LogP contribution in [0, 0.1) is 5.92 Å². The molecule has 3 aliphatic rings. The largest absolute Gasteiger partial charge is 0.0730 e. The van der Waals surface area contributed by atoms with Crippen molar-refractivity contribution in [2.75, 3.05) is 0 Å². The van der Waals surface area contributed by atoms with Gasteiger partial charge < -0.3 is 0 Å². The molecule has 1 unspecified atom stereocenters. The third-order valence-electron chi connectivity index (χ3n) is 3.58. The minimum Gasteiger partial charge on any atom is -0.0730 e. The molecule has 0 heterocycles. The van der Waals surface area contributed by atoms with Crippen LogP contribution in [0.4, 0.5) is 0 Å². The third-order valence-corrected chi connectivity index (χ3v) is 3.58. The van der Waals surface area contributed by atoms with E-state index >= 15 is 0 Å². The van der Waals surface area contributed by atoms with Gasteiger partial charge in [0.2, 0.25) is 0 Å². The fourth-order valence-corrected chi connectivity index (χ4v) is 2.86. The van der Waals surface area contributed by atoms with Crippen LogP contribution in [0.3, 0.4) is 0 Å². The Bertz CT molecular complexity index is 363. The highest BCUT2D eigenvalue weighted by atomic mass is 14.3. The molecule has 0 fully saturated rings. The summed E-state index contributed by atoms with van der Waals surface area (Å²) in [6, 6.07) is 0. The lowest BCUT2D eigenvalue weighted by Crippen LogP contribution is -2.01. The first-order valence-corrected chi connectivity index (χ1v) is 5.73. The Balaban J connectivity index is 1.98. The average Bonchev–Trinajstić information content (AvgIpc) is 2.42. The highest BCUT2D eigenvalue weighted by Crippen LogP contribution is 2.41. The molecule has 1 atom stereocenters. The van der Waals surface area contributed by atoms with Crippen molar-refractivity contribution in [3.8, 4) is 0 Å². The van der Waals surface area contributed by atoms with E-state index in [1.807, 2.05) is 0 Å². The second-order valence-electron chi connectivity index (χ2n) is 4.48. The molecule has 0 amide bonds. The zero-order valence-electron chi connectivity index (χ0n) is 8.50. The topological polar surface area (TPSA) is 0 Å². The first kappa shape index (κ1) is 8.28. The monoisotopic (exact) mass is 184 g/mol. The van der Waals surface area contributed by atoms with Gasteiger partial charge in [-0.15, -0.1) is 0 Å². The lowest BCUT2D eigenvalue weighted by Gasteiger charge is -2.15. The molecule has 0 heteroatoms. The van der Waals surface area contributed by atoms with E-state index in [0.717, 1.165) is 0 Å². The maximum absolute atomic E-state index is 2.44. The number of hydrogen-bond acceptors (Lipinski definition) is 0. The van der Waals surface area contributed by atoms with Crippen LogP contribution in [0.1, 0.15) is 32.1 Å². The quantitative estimate of drug-likeness (QED) is 0.535.